The van der Waals surface area contributed by atoms with Gasteiger partial charge in [-0.2, -0.15) is 0 Å². The molecule has 0 radical (unpaired) electrons. The van der Waals surface area contributed by atoms with Crippen molar-refractivity contribution in [3.8, 4) is 0 Å². The van der Waals surface area contributed by atoms with Crippen LogP contribution in [0.3, 0.4) is 0 Å². The third-order valence-corrected chi connectivity index (χ3v) is 6.00. The van der Waals surface area contributed by atoms with E-state index in [0.717, 1.165) is 4.90 Å². The number of amides is 1. The van der Waals surface area contributed by atoms with Crippen LogP contribution >= 0.6 is 11.8 Å². The van der Waals surface area contributed by atoms with E-state index in [9.17, 15) is 17.6 Å². The maximum absolute atomic E-state index is 13.7. The van der Waals surface area contributed by atoms with E-state index in [4.69, 9.17) is 0 Å². The highest BCUT2D eigenvalue weighted by molar-refractivity contribution is 8.00. The van der Waals surface area contributed by atoms with Crippen molar-refractivity contribution in [3.05, 3.63) is 48.3 Å². The number of halogens is 1. The average Bonchev–Trinajstić information content (AvgIpc) is 2.65. The third-order valence-electron chi connectivity index (χ3n) is 3.45. The Bertz CT molecular complexity index is 900. The van der Waals surface area contributed by atoms with Gasteiger partial charge >= 0.3 is 0 Å². The van der Waals surface area contributed by atoms with Crippen molar-refractivity contribution in [1.82, 2.24) is 0 Å². The minimum absolute atomic E-state index is 0.0417. The highest BCUT2D eigenvalue weighted by Crippen LogP contribution is 2.36. The SMILES string of the molecule is C[C@H]1CC(=O)Nc2cc(S(=O)(=O)Nc3ccccc3F)ccc2S1. The maximum Gasteiger partial charge on any atom is 0.262 e. The lowest BCUT2D eigenvalue weighted by atomic mass is 10.3. The Kier molecular flexibility index (Phi) is 4.51. The van der Waals surface area contributed by atoms with E-state index in [1.165, 1.54) is 48.2 Å². The standard InChI is InChI=1S/C16H15FN2O3S2/c1-10-8-16(20)18-14-9-11(6-7-15(14)23-10)24(21,22)19-13-5-3-2-4-12(13)17/h2-7,9-10,19H,8H2,1H3,(H,18,20)/t10-/m0/s1. The lowest BCUT2D eigenvalue weighted by Gasteiger charge is -2.12. The predicted octanol–water partition coefficient (Wildman–Crippen LogP) is 3.45. The van der Waals surface area contributed by atoms with Crippen LogP contribution in [0.5, 0.6) is 0 Å². The van der Waals surface area contributed by atoms with Crippen LogP contribution in [0.2, 0.25) is 0 Å². The molecule has 2 aromatic carbocycles. The fraction of sp³-hybridized carbons (Fsp3) is 0.188. The molecule has 0 unspecified atom stereocenters. The first kappa shape index (κ1) is 16.8. The van der Waals surface area contributed by atoms with Gasteiger partial charge in [-0.05, 0) is 30.3 Å². The van der Waals surface area contributed by atoms with Crippen molar-refractivity contribution in [2.45, 2.75) is 28.4 Å². The molecule has 1 atom stereocenters. The summed E-state index contributed by atoms with van der Waals surface area (Å²) in [6.45, 7) is 1.93. The molecule has 8 heteroatoms. The first-order valence-electron chi connectivity index (χ1n) is 7.23. The highest BCUT2D eigenvalue weighted by Gasteiger charge is 2.22. The molecule has 1 heterocycles. The molecule has 0 saturated carbocycles. The van der Waals surface area contributed by atoms with Crippen molar-refractivity contribution in [2.24, 2.45) is 0 Å². The number of thioether (sulfide) groups is 1. The van der Waals surface area contributed by atoms with Crippen molar-refractivity contribution in [1.29, 1.82) is 0 Å². The summed E-state index contributed by atoms with van der Waals surface area (Å²) in [5.74, 6) is -0.820. The van der Waals surface area contributed by atoms with Crippen LogP contribution in [0.1, 0.15) is 13.3 Å². The van der Waals surface area contributed by atoms with Gasteiger partial charge in [-0.1, -0.05) is 19.1 Å². The van der Waals surface area contributed by atoms with E-state index >= 15 is 0 Å². The van der Waals surface area contributed by atoms with Gasteiger partial charge in [-0.3, -0.25) is 9.52 Å². The van der Waals surface area contributed by atoms with Crippen molar-refractivity contribution in [3.63, 3.8) is 0 Å². The molecular weight excluding hydrogens is 351 g/mol. The van der Waals surface area contributed by atoms with Gasteiger partial charge in [-0.15, -0.1) is 11.8 Å². The van der Waals surface area contributed by atoms with Gasteiger partial charge in [0.25, 0.3) is 10.0 Å². The van der Waals surface area contributed by atoms with E-state index in [0.29, 0.717) is 12.1 Å². The van der Waals surface area contributed by atoms with Gasteiger partial charge in [0.2, 0.25) is 5.91 Å². The molecule has 0 fully saturated rings. The monoisotopic (exact) mass is 366 g/mol. The van der Waals surface area contributed by atoms with Gasteiger partial charge in [0.1, 0.15) is 5.82 Å². The zero-order chi connectivity index (χ0) is 17.3. The smallest absolute Gasteiger partial charge is 0.262 e. The fourth-order valence-corrected chi connectivity index (χ4v) is 4.49. The van der Waals surface area contributed by atoms with Gasteiger partial charge in [0.15, 0.2) is 0 Å². The van der Waals surface area contributed by atoms with Crippen LogP contribution in [-0.4, -0.2) is 19.6 Å². The number of benzene rings is 2. The largest absolute Gasteiger partial charge is 0.325 e. The lowest BCUT2D eigenvalue weighted by Crippen LogP contribution is -2.15. The van der Waals surface area contributed by atoms with Crippen LogP contribution in [0.15, 0.2) is 52.3 Å². The second-order valence-corrected chi connectivity index (χ2v) is 8.59. The summed E-state index contributed by atoms with van der Waals surface area (Å²) in [5, 5.41) is 2.82. The zero-order valence-corrected chi connectivity index (χ0v) is 14.4. The number of fused-ring (bicyclic) bond motifs is 1. The highest BCUT2D eigenvalue weighted by atomic mass is 32.2. The van der Waals surface area contributed by atoms with Crippen molar-refractivity contribution < 1.29 is 17.6 Å². The van der Waals surface area contributed by atoms with Crippen LogP contribution < -0.4 is 10.0 Å². The minimum Gasteiger partial charge on any atom is -0.325 e. The van der Waals surface area contributed by atoms with E-state index in [1.807, 2.05) is 6.92 Å². The van der Waals surface area contributed by atoms with Crippen molar-refractivity contribution in [2.75, 3.05) is 10.0 Å². The van der Waals surface area contributed by atoms with Crippen LogP contribution in [0.25, 0.3) is 0 Å². The third kappa shape index (κ3) is 3.54. The Labute approximate surface area is 143 Å². The molecule has 5 nitrogen and oxygen atoms in total. The molecule has 1 aliphatic rings. The molecule has 0 saturated heterocycles. The van der Waals surface area contributed by atoms with Crippen LogP contribution in [-0.2, 0) is 14.8 Å². The molecule has 24 heavy (non-hydrogen) atoms. The van der Waals surface area contributed by atoms with Gasteiger partial charge in [-0.25, -0.2) is 12.8 Å². The average molecular weight is 366 g/mol. The van der Waals surface area contributed by atoms with Crippen molar-refractivity contribution >= 4 is 39.1 Å². The minimum atomic E-state index is -3.96. The molecule has 2 aromatic rings. The number of hydrogen-bond acceptors (Lipinski definition) is 4. The second kappa shape index (κ2) is 6.45. The molecule has 0 spiro atoms. The molecular formula is C16H15FN2O3S2. The molecule has 3 rings (SSSR count). The van der Waals surface area contributed by atoms with Gasteiger partial charge in [0.05, 0.1) is 16.3 Å². The van der Waals surface area contributed by atoms with E-state index < -0.39 is 15.8 Å². The topological polar surface area (TPSA) is 75.3 Å². The Morgan fingerprint density at radius 3 is 2.75 bits per heavy atom. The molecule has 0 aromatic heterocycles. The van der Waals surface area contributed by atoms with Gasteiger partial charge < -0.3 is 5.32 Å². The lowest BCUT2D eigenvalue weighted by molar-refractivity contribution is -0.116. The number of nitrogens with one attached hydrogen (secondary N) is 2. The summed E-state index contributed by atoms with van der Waals surface area (Å²) >= 11 is 1.50. The number of sulfonamides is 1. The number of carbonyl (C=O) groups is 1. The summed E-state index contributed by atoms with van der Waals surface area (Å²) < 4.78 is 40.8. The summed E-state index contributed by atoms with van der Waals surface area (Å²) in [7, 11) is -3.96. The first-order valence-corrected chi connectivity index (χ1v) is 9.59. The second-order valence-electron chi connectivity index (χ2n) is 5.42. The molecule has 126 valence electrons. The molecule has 0 aliphatic carbocycles. The summed E-state index contributed by atoms with van der Waals surface area (Å²) in [6.07, 6.45) is 0.356. The molecule has 1 amide bonds. The Morgan fingerprint density at radius 1 is 1.25 bits per heavy atom. The van der Waals surface area contributed by atoms with E-state index in [-0.39, 0.29) is 21.7 Å². The van der Waals surface area contributed by atoms with E-state index in [2.05, 4.69) is 10.0 Å². The molecule has 2 N–H and O–H groups in total. The molecule has 1 aliphatic heterocycles. The number of rotatable bonds is 3. The zero-order valence-electron chi connectivity index (χ0n) is 12.7. The summed E-state index contributed by atoms with van der Waals surface area (Å²) in [6, 6.07) is 10.0. The number of carbonyl (C=O) groups excluding carboxylic acids is 1. The summed E-state index contributed by atoms with van der Waals surface area (Å²) in [4.78, 5) is 12.6. The number of anilines is 2. The Morgan fingerprint density at radius 2 is 2.00 bits per heavy atom. The normalized spacial score (nSPS) is 17.6. The Balaban J connectivity index is 1.95. The maximum atomic E-state index is 13.7. The van der Waals surface area contributed by atoms with Gasteiger partial charge in [0, 0.05) is 16.6 Å². The Hall–Kier alpha value is -2.06. The van der Waals surface area contributed by atoms with Crippen LogP contribution in [0, 0.1) is 5.82 Å². The van der Waals surface area contributed by atoms with Crippen LogP contribution in [0.4, 0.5) is 15.8 Å². The quantitative estimate of drug-likeness (QED) is 0.872. The van der Waals surface area contributed by atoms with E-state index in [1.54, 1.807) is 6.07 Å². The fourth-order valence-electron chi connectivity index (χ4n) is 2.35. The molecule has 0 bridgehead atoms. The predicted molar refractivity (Wildman–Crippen MR) is 92.2 cm³/mol. The first-order chi connectivity index (χ1) is 11.3. The number of hydrogen-bond donors (Lipinski definition) is 2. The summed E-state index contributed by atoms with van der Waals surface area (Å²) in [5.41, 5.74) is 0.324. The number of para-hydroxylation sites is 1.